The third-order valence-corrected chi connectivity index (χ3v) is 3.62. The number of nitrogens with one attached hydrogen (secondary N) is 3. The molecule has 24 heavy (non-hydrogen) atoms. The molecular formula is C14H17F3N4O3. The molecule has 0 radical (unpaired) electrons. The number of carbonyl (C=O) groups is 2. The molecule has 1 aliphatic heterocycles. The first-order valence-electron chi connectivity index (χ1n) is 7.26. The van der Waals surface area contributed by atoms with Gasteiger partial charge in [-0.3, -0.25) is 9.59 Å². The number of anilines is 1. The molecule has 1 saturated heterocycles. The number of hydrogen-bond acceptors (Lipinski definition) is 3. The average Bonchev–Trinajstić information content (AvgIpc) is 2.47. The summed E-state index contributed by atoms with van der Waals surface area (Å²) in [6, 6.07) is -0.998. The van der Waals surface area contributed by atoms with Gasteiger partial charge < -0.3 is 20.5 Å². The number of nitrogens with zero attached hydrogens (tertiary/aromatic N) is 1. The van der Waals surface area contributed by atoms with Crippen LogP contribution in [0.1, 0.15) is 19.4 Å². The molecule has 1 aromatic rings. The summed E-state index contributed by atoms with van der Waals surface area (Å²) in [6.45, 7) is 3.91. The Morgan fingerprint density at radius 3 is 2.62 bits per heavy atom. The lowest BCUT2D eigenvalue weighted by atomic mass is 10.00. The summed E-state index contributed by atoms with van der Waals surface area (Å²) in [6.07, 6.45) is -4.13. The van der Waals surface area contributed by atoms with Crippen molar-refractivity contribution >= 4 is 17.6 Å². The quantitative estimate of drug-likeness (QED) is 0.755. The predicted octanol–water partition coefficient (Wildman–Crippen LogP) is 1.38. The number of piperazine rings is 1. The second kappa shape index (κ2) is 6.54. The van der Waals surface area contributed by atoms with E-state index >= 15 is 0 Å². The van der Waals surface area contributed by atoms with Crippen LogP contribution in [-0.4, -0.2) is 41.0 Å². The molecule has 132 valence electrons. The molecule has 1 aliphatic rings. The number of amides is 3. The highest BCUT2D eigenvalue weighted by molar-refractivity contribution is 5.94. The average molecular weight is 346 g/mol. The van der Waals surface area contributed by atoms with Crippen molar-refractivity contribution in [1.29, 1.82) is 0 Å². The summed E-state index contributed by atoms with van der Waals surface area (Å²) in [5.74, 6) is -0.541. The van der Waals surface area contributed by atoms with Crippen molar-refractivity contribution < 1.29 is 22.8 Å². The molecule has 0 aromatic carbocycles. The largest absolute Gasteiger partial charge is 0.417 e. The number of halogens is 3. The van der Waals surface area contributed by atoms with Gasteiger partial charge in [-0.2, -0.15) is 13.2 Å². The molecule has 10 heteroatoms. The first-order chi connectivity index (χ1) is 11.1. The van der Waals surface area contributed by atoms with E-state index in [0.717, 1.165) is 0 Å². The van der Waals surface area contributed by atoms with Crippen molar-refractivity contribution in [3.05, 3.63) is 28.2 Å². The zero-order chi connectivity index (χ0) is 18.1. The van der Waals surface area contributed by atoms with Crippen LogP contribution in [0.5, 0.6) is 0 Å². The molecule has 1 unspecified atom stereocenters. The first-order valence-corrected chi connectivity index (χ1v) is 7.26. The van der Waals surface area contributed by atoms with Gasteiger partial charge >= 0.3 is 12.2 Å². The fraction of sp³-hybridized carbons (Fsp3) is 0.500. The Kier molecular flexibility index (Phi) is 4.86. The minimum atomic E-state index is -4.66. The Morgan fingerprint density at radius 2 is 2.04 bits per heavy atom. The molecule has 1 aromatic heterocycles. The van der Waals surface area contributed by atoms with Crippen LogP contribution in [0.15, 0.2) is 17.1 Å². The van der Waals surface area contributed by atoms with E-state index in [1.54, 1.807) is 13.8 Å². The highest BCUT2D eigenvalue weighted by Crippen LogP contribution is 2.29. The molecule has 7 nitrogen and oxygen atoms in total. The van der Waals surface area contributed by atoms with E-state index in [-0.39, 0.29) is 24.9 Å². The minimum absolute atomic E-state index is 0.192. The van der Waals surface area contributed by atoms with Crippen LogP contribution in [0.25, 0.3) is 0 Å². The number of aromatic amines is 1. The molecule has 3 amide bonds. The van der Waals surface area contributed by atoms with Crippen LogP contribution in [0.3, 0.4) is 0 Å². The maximum absolute atomic E-state index is 12.7. The van der Waals surface area contributed by atoms with Gasteiger partial charge in [0.25, 0.3) is 5.56 Å². The fourth-order valence-electron chi connectivity index (χ4n) is 2.50. The molecular weight excluding hydrogens is 329 g/mol. The van der Waals surface area contributed by atoms with Crippen molar-refractivity contribution in [3.63, 3.8) is 0 Å². The third-order valence-electron chi connectivity index (χ3n) is 3.62. The molecule has 2 rings (SSSR count). The van der Waals surface area contributed by atoms with Crippen molar-refractivity contribution in [2.45, 2.75) is 26.1 Å². The molecule has 0 saturated carbocycles. The second-order valence-electron chi connectivity index (χ2n) is 5.73. The van der Waals surface area contributed by atoms with Gasteiger partial charge in [-0.15, -0.1) is 0 Å². The van der Waals surface area contributed by atoms with Gasteiger partial charge in [0.2, 0.25) is 5.91 Å². The second-order valence-corrected chi connectivity index (χ2v) is 5.73. The van der Waals surface area contributed by atoms with Gasteiger partial charge in [0.05, 0.1) is 5.56 Å². The topological polar surface area (TPSA) is 94.3 Å². The molecule has 0 aliphatic carbocycles. The monoisotopic (exact) mass is 346 g/mol. The summed E-state index contributed by atoms with van der Waals surface area (Å²) in [5, 5.41) is 4.79. The standard InChI is InChI=1S/C14H17F3N4O3/c1-7(2)10-12(23)18-3-4-21(10)13(24)20-9-5-8(14(15,16)17)6-19-11(9)22/h5-7,10H,3-4H2,1-2H3,(H,18,23)(H,19,22)(H,20,24). The number of hydrogen-bond donors (Lipinski definition) is 3. The Hall–Kier alpha value is -2.52. The summed E-state index contributed by atoms with van der Waals surface area (Å²) >= 11 is 0. The van der Waals surface area contributed by atoms with E-state index < -0.39 is 35.1 Å². The number of pyridine rings is 1. The number of H-pyrrole nitrogens is 1. The van der Waals surface area contributed by atoms with E-state index in [9.17, 15) is 27.6 Å². The first kappa shape index (κ1) is 17.8. The Bertz CT molecular complexity index is 699. The summed E-state index contributed by atoms with van der Waals surface area (Å²) in [7, 11) is 0. The van der Waals surface area contributed by atoms with Gasteiger partial charge in [-0.1, -0.05) is 13.8 Å². The number of carbonyl (C=O) groups excluding carboxylic acids is 2. The minimum Gasteiger partial charge on any atom is -0.353 e. The van der Waals surface area contributed by atoms with E-state index in [1.165, 1.54) is 4.90 Å². The Labute approximate surface area is 135 Å². The zero-order valence-corrected chi connectivity index (χ0v) is 13.0. The SMILES string of the molecule is CC(C)C1C(=O)NCCN1C(=O)Nc1cc(C(F)(F)F)c[nH]c1=O. The zero-order valence-electron chi connectivity index (χ0n) is 13.0. The van der Waals surface area contributed by atoms with Crippen LogP contribution in [-0.2, 0) is 11.0 Å². The Balaban J connectivity index is 2.25. The van der Waals surface area contributed by atoms with Gasteiger partial charge in [0.1, 0.15) is 11.7 Å². The lowest BCUT2D eigenvalue weighted by molar-refractivity contribution is -0.137. The van der Waals surface area contributed by atoms with Crippen LogP contribution in [0, 0.1) is 5.92 Å². The van der Waals surface area contributed by atoms with E-state index in [0.29, 0.717) is 12.3 Å². The third kappa shape index (κ3) is 3.69. The molecule has 0 bridgehead atoms. The van der Waals surface area contributed by atoms with Crippen molar-refractivity contribution in [2.75, 3.05) is 18.4 Å². The van der Waals surface area contributed by atoms with Gasteiger partial charge in [0, 0.05) is 19.3 Å². The number of rotatable bonds is 2. The van der Waals surface area contributed by atoms with Crippen molar-refractivity contribution in [3.8, 4) is 0 Å². The van der Waals surface area contributed by atoms with Gasteiger partial charge in [0.15, 0.2) is 0 Å². The van der Waals surface area contributed by atoms with Gasteiger partial charge in [-0.25, -0.2) is 4.79 Å². The fourth-order valence-corrected chi connectivity index (χ4v) is 2.50. The highest BCUT2D eigenvalue weighted by Gasteiger charge is 2.36. The van der Waals surface area contributed by atoms with Crippen LogP contribution in [0.4, 0.5) is 23.7 Å². The van der Waals surface area contributed by atoms with Gasteiger partial charge in [-0.05, 0) is 12.0 Å². The molecule has 3 N–H and O–H groups in total. The maximum atomic E-state index is 12.7. The molecule has 1 atom stereocenters. The van der Waals surface area contributed by atoms with Crippen LogP contribution in [0.2, 0.25) is 0 Å². The molecule has 1 fully saturated rings. The number of aromatic nitrogens is 1. The Morgan fingerprint density at radius 1 is 1.38 bits per heavy atom. The molecule has 0 spiro atoms. The lowest BCUT2D eigenvalue weighted by Gasteiger charge is -2.37. The number of alkyl halides is 3. The molecule has 2 heterocycles. The van der Waals surface area contributed by atoms with E-state index in [2.05, 4.69) is 10.6 Å². The van der Waals surface area contributed by atoms with Crippen molar-refractivity contribution in [1.82, 2.24) is 15.2 Å². The lowest BCUT2D eigenvalue weighted by Crippen LogP contribution is -2.60. The van der Waals surface area contributed by atoms with E-state index in [1.807, 2.05) is 4.98 Å². The summed E-state index contributed by atoms with van der Waals surface area (Å²) in [4.78, 5) is 39.1. The van der Waals surface area contributed by atoms with Crippen LogP contribution < -0.4 is 16.2 Å². The smallest absolute Gasteiger partial charge is 0.353 e. The maximum Gasteiger partial charge on any atom is 0.417 e. The predicted molar refractivity (Wildman–Crippen MR) is 79.4 cm³/mol. The normalized spacial score (nSPS) is 18.5. The van der Waals surface area contributed by atoms with Crippen molar-refractivity contribution in [2.24, 2.45) is 5.92 Å². The van der Waals surface area contributed by atoms with Crippen LogP contribution >= 0.6 is 0 Å². The van der Waals surface area contributed by atoms with E-state index in [4.69, 9.17) is 0 Å². The highest BCUT2D eigenvalue weighted by atomic mass is 19.4. The summed E-state index contributed by atoms with van der Waals surface area (Å²) in [5.41, 5.74) is -2.48. The summed E-state index contributed by atoms with van der Waals surface area (Å²) < 4.78 is 38.1. The number of urea groups is 1.